The maximum absolute atomic E-state index is 12.7. The zero-order chi connectivity index (χ0) is 20.1. The Morgan fingerprint density at radius 2 is 1.96 bits per heavy atom. The fourth-order valence-electron chi connectivity index (χ4n) is 4.60. The molecule has 0 spiro atoms. The zero-order valence-corrected chi connectivity index (χ0v) is 16.4. The molecule has 1 aliphatic heterocycles. The summed E-state index contributed by atoms with van der Waals surface area (Å²) in [5.41, 5.74) is 0.842. The number of ether oxygens (including phenoxy) is 1. The van der Waals surface area contributed by atoms with Crippen LogP contribution in [0.25, 0.3) is 0 Å². The van der Waals surface area contributed by atoms with Gasteiger partial charge in [-0.2, -0.15) is 0 Å². The molecule has 2 aliphatic rings. The van der Waals surface area contributed by atoms with Crippen molar-refractivity contribution in [2.75, 3.05) is 13.7 Å². The number of amides is 2. The monoisotopic (exact) mass is 390 g/mol. The molecule has 7 nitrogen and oxygen atoms in total. The van der Waals surface area contributed by atoms with Gasteiger partial charge < -0.3 is 25.2 Å². The Morgan fingerprint density at radius 1 is 1.21 bits per heavy atom. The van der Waals surface area contributed by atoms with Crippen LogP contribution in [-0.2, 0) is 11.3 Å². The number of carboxylic acid groups (broad SMARTS) is 1. The molecule has 7 heteroatoms. The van der Waals surface area contributed by atoms with Gasteiger partial charge in [-0.3, -0.25) is 4.79 Å². The second kappa shape index (κ2) is 9.17. The molecule has 2 unspecified atom stereocenters. The Kier molecular flexibility index (Phi) is 6.65. The largest absolute Gasteiger partial charge is 0.504 e. The molecule has 28 heavy (non-hydrogen) atoms. The third-order valence-electron chi connectivity index (χ3n) is 6.17. The van der Waals surface area contributed by atoms with Crippen LogP contribution >= 0.6 is 0 Å². The second-order valence-corrected chi connectivity index (χ2v) is 7.89. The lowest BCUT2D eigenvalue weighted by atomic mass is 9.77. The topological polar surface area (TPSA) is 99.1 Å². The third-order valence-corrected chi connectivity index (χ3v) is 6.17. The van der Waals surface area contributed by atoms with Crippen molar-refractivity contribution in [3.63, 3.8) is 0 Å². The van der Waals surface area contributed by atoms with E-state index in [1.165, 1.54) is 13.5 Å². The quantitative estimate of drug-likeness (QED) is 0.716. The van der Waals surface area contributed by atoms with E-state index >= 15 is 0 Å². The Labute approximate surface area is 165 Å². The number of piperidine rings is 1. The fourth-order valence-corrected chi connectivity index (χ4v) is 4.60. The maximum Gasteiger partial charge on any atom is 0.407 e. The molecule has 2 atom stereocenters. The first-order valence-corrected chi connectivity index (χ1v) is 10.1. The predicted molar refractivity (Wildman–Crippen MR) is 104 cm³/mol. The van der Waals surface area contributed by atoms with Gasteiger partial charge in [0.25, 0.3) is 0 Å². The van der Waals surface area contributed by atoms with E-state index in [4.69, 9.17) is 4.74 Å². The van der Waals surface area contributed by atoms with Crippen LogP contribution in [0.15, 0.2) is 18.2 Å². The molecule has 2 fully saturated rings. The minimum Gasteiger partial charge on any atom is -0.504 e. The number of likely N-dealkylation sites (tertiary alicyclic amines) is 1. The van der Waals surface area contributed by atoms with Crippen LogP contribution in [0.2, 0.25) is 0 Å². The number of carbonyl (C=O) groups excluding carboxylic acids is 1. The number of methoxy groups -OCH3 is 1. The summed E-state index contributed by atoms with van der Waals surface area (Å²) in [5.74, 6) is 0.606. The van der Waals surface area contributed by atoms with Crippen molar-refractivity contribution in [3.8, 4) is 11.5 Å². The van der Waals surface area contributed by atoms with Crippen LogP contribution in [0.3, 0.4) is 0 Å². The summed E-state index contributed by atoms with van der Waals surface area (Å²) in [6, 6.07) is 4.94. The normalized spacial score (nSPS) is 23.2. The van der Waals surface area contributed by atoms with Gasteiger partial charge in [0.15, 0.2) is 11.5 Å². The van der Waals surface area contributed by atoms with Crippen molar-refractivity contribution in [1.29, 1.82) is 0 Å². The summed E-state index contributed by atoms with van der Waals surface area (Å²) < 4.78 is 5.10. The van der Waals surface area contributed by atoms with Gasteiger partial charge in [-0.1, -0.05) is 25.3 Å². The number of rotatable bonds is 5. The molecule has 3 rings (SSSR count). The Morgan fingerprint density at radius 3 is 2.64 bits per heavy atom. The summed E-state index contributed by atoms with van der Waals surface area (Å²) >= 11 is 0. The first kappa shape index (κ1) is 20.3. The lowest BCUT2D eigenvalue weighted by Crippen LogP contribution is -2.51. The first-order valence-electron chi connectivity index (χ1n) is 10.1. The molecule has 3 N–H and O–H groups in total. The number of nitrogens with one attached hydrogen (secondary N) is 1. The molecule has 0 aromatic heterocycles. The number of hydrogen-bond donors (Lipinski definition) is 3. The van der Waals surface area contributed by atoms with E-state index in [0.29, 0.717) is 37.6 Å². The molecular weight excluding hydrogens is 360 g/mol. The van der Waals surface area contributed by atoms with Crippen molar-refractivity contribution in [2.24, 2.45) is 11.8 Å². The minimum absolute atomic E-state index is 0.0297. The van der Waals surface area contributed by atoms with Crippen LogP contribution < -0.4 is 10.1 Å². The van der Waals surface area contributed by atoms with Crippen molar-refractivity contribution < 1.29 is 24.5 Å². The Bertz CT molecular complexity index is 702. The number of nitrogens with zero attached hydrogens (tertiary/aromatic N) is 1. The van der Waals surface area contributed by atoms with E-state index in [9.17, 15) is 19.8 Å². The van der Waals surface area contributed by atoms with Gasteiger partial charge >= 0.3 is 6.09 Å². The Balaban J connectivity index is 1.61. The highest BCUT2D eigenvalue weighted by Gasteiger charge is 2.39. The van der Waals surface area contributed by atoms with Crippen molar-refractivity contribution in [3.05, 3.63) is 23.8 Å². The van der Waals surface area contributed by atoms with Gasteiger partial charge in [0.1, 0.15) is 0 Å². The molecule has 0 radical (unpaired) electrons. The standard InChI is InChI=1S/C21H30N2O5/c1-28-19-11-14(7-8-18(19)24)13-22-20(25)16-9-10-23(21(26)27)17(12-16)15-5-3-2-4-6-15/h7-8,11,15-17,24H,2-6,9-10,12-13H2,1H3,(H,22,25)(H,26,27). The van der Waals surface area contributed by atoms with E-state index in [0.717, 1.165) is 31.2 Å². The molecule has 1 aromatic rings. The van der Waals surface area contributed by atoms with Gasteiger partial charge in [0, 0.05) is 25.0 Å². The molecule has 0 bridgehead atoms. The molecule has 2 amide bonds. The van der Waals surface area contributed by atoms with E-state index in [1.54, 1.807) is 23.1 Å². The van der Waals surface area contributed by atoms with E-state index in [1.807, 2.05) is 0 Å². The van der Waals surface area contributed by atoms with Gasteiger partial charge in [-0.15, -0.1) is 0 Å². The Hall–Kier alpha value is -2.44. The van der Waals surface area contributed by atoms with Crippen LogP contribution in [-0.4, -0.2) is 46.8 Å². The maximum atomic E-state index is 12.7. The minimum atomic E-state index is -0.870. The summed E-state index contributed by atoms with van der Waals surface area (Å²) in [7, 11) is 1.49. The number of benzene rings is 1. The molecule has 1 heterocycles. The van der Waals surface area contributed by atoms with Crippen molar-refractivity contribution in [1.82, 2.24) is 10.2 Å². The van der Waals surface area contributed by atoms with E-state index in [-0.39, 0.29) is 23.6 Å². The predicted octanol–water partition coefficient (Wildman–Crippen LogP) is 3.36. The molecule has 1 saturated carbocycles. The third kappa shape index (κ3) is 4.69. The highest BCUT2D eigenvalue weighted by molar-refractivity contribution is 5.79. The van der Waals surface area contributed by atoms with Crippen LogP contribution in [0.5, 0.6) is 11.5 Å². The number of phenols is 1. The summed E-state index contributed by atoms with van der Waals surface area (Å²) in [4.78, 5) is 26.0. The molecule has 1 aliphatic carbocycles. The average molecular weight is 390 g/mol. The lowest BCUT2D eigenvalue weighted by molar-refractivity contribution is -0.127. The van der Waals surface area contributed by atoms with Gasteiger partial charge in [-0.05, 0) is 49.3 Å². The number of carbonyl (C=O) groups is 2. The summed E-state index contributed by atoms with van der Waals surface area (Å²) in [6.45, 7) is 0.768. The SMILES string of the molecule is COc1cc(CNC(=O)C2CCN(C(=O)O)C(C3CCCCC3)C2)ccc1O. The van der Waals surface area contributed by atoms with Crippen LogP contribution in [0, 0.1) is 11.8 Å². The highest BCUT2D eigenvalue weighted by atomic mass is 16.5. The van der Waals surface area contributed by atoms with Gasteiger partial charge in [0.2, 0.25) is 5.91 Å². The summed E-state index contributed by atoms with van der Waals surface area (Å²) in [6.07, 6.45) is 5.90. The lowest BCUT2D eigenvalue weighted by Gasteiger charge is -2.42. The van der Waals surface area contributed by atoms with Crippen LogP contribution in [0.1, 0.15) is 50.5 Å². The van der Waals surface area contributed by atoms with E-state index in [2.05, 4.69) is 5.32 Å². The first-order chi connectivity index (χ1) is 13.5. The zero-order valence-electron chi connectivity index (χ0n) is 16.4. The average Bonchev–Trinajstić information content (AvgIpc) is 2.73. The summed E-state index contributed by atoms with van der Waals surface area (Å²) in [5, 5.41) is 22.2. The second-order valence-electron chi connectivity index (χ2n) is 7.89. The van der Waals surface area contributed by atoms with Crippen molar-refractivity contribution in [2.45, 2.75) is 57.5 Å². The van der Waals surface area contributed by atoms with Crippen LogP contribution in [0.4, 0.5) is 4.79 Å². The number of aromatic hydroxyl groups is 1. The number of phenolic OH excluding ortho intramolecular Hbond substituents is 1. The fraction of sp³-hybridized carbons (Fsp3) is 0.619. The van der Waals surface area contributed by atoms with Gasteiger partial charge in [0.05, 0.1) is 7.11 Å². The molecule has 154 valence electrons. The smallest absolute Gasteiger partial charge is 0.407 e. The van der Waals surface area contributed by atoms with Crippen molar-refractivity contribution >= 4 is 12.0 Å². The molecular formula is C21H30N2O5. The highest BCUT2D eigenvalue weighted by Crippen LogP contribution is 2.36. The number of hydrogen-bond acceptors (Lipinski definition) is 4. The van der Waals surface area contributed by atoms with Gasteiger partial charge in [-0.25, -0.2) is 4.79 Å². The van der Waals surface area contributed by atoms with E-state index < -0.39 is 6.09 Å². The molecule has 1 saturated heterocycles. The molecule has 1 aromatic carbocycles.